The molecule has 0 unspecified atom stereocenters. The smallest absolute Gasteiger partial charge is 0.141 e. The van der Waals surface area contributed by atoms with Gasteiger partial charge in [0.05, 0.1) is 18.3 Å². The van der Waals surface area contributed by atoms with Crippen LogP contribution >= 0.6 is 0 Å². The lowest BCUT2D eigenvalue weighted by molar-refractivity contribution is 0.164. The van der Waals surface area contributed by atoms with Crippen LogP contribution in [0.4, 0.5) is 4.39 Å². The van der Waals surface area contributed by atoms with Gasteiger partial charge < -0.3 is 10.8 Å². The van der Waals surface area contributed by atoms with Crippen LogP contribution in [0.5, 0.6) is 0 Å². The third-order valence-electron chi connectivity index (χ3n) is 1.63. The first-order valence-electron chi connectivity index (χ1n) is 3.65. The highest BCUT2D eigenvalue weighted by atomic mass is 19.1. The van der Waals surface area contributed by atoms with Crippen LogP contribution in [0.25, 0.3) is 0 Å². The van der Waals surface area contributed by atoms with Gasteiger partial charge in [0, 0.05) is 6.20 Å². The number of nitrogens with two attached hydrogens (primary N) is 1. The third kappa shape index (κ3) is 1.99. The highest BCUT2D eigenvalue weighted by molar-refractivity contribution is 5.15. The number of nitrogens with zero attached hydrogens (tertiary/aromatic N) is 1. The van der Waals surface area contributed by atoms with E-state index in [9.17, 15) is 4.39 Å². The second-order valence-corrected chi connectivity index (χ2v) is 2.70. The molecule has 66 valence electrons. The molecule has 0 aliphatic rings. The largest absolute Gasteiger partial charge is 0.391 e. The van der Waals surface area contributed by atoms with Crippen molar-refractivity contribution in [3.8, 4) is 0 Å². The van der Waals surface area contributed by atoms with Crippen LogP contribution < -0.4 is 5.73 Å². The van der Waals surface area contributed by atoms with E-state index in [0.29, 0.717) is 5.56 Å². The van der Waals surface area contributed by atoms with Crippen molar-refractivity contribution >= 4 is 0 Å². The van der Waals surface area contributed by atoms with Crippen LogP contribution in [0.3, 0.4) is 0 Å². The predicted octanol–water partition coefficient (Wildman–Crippen LogP) is 0.601. The fourth-order valence-corrected chi connectivity index (χ4v) is 0.889. The normalized spacial score (nSPS) is 15.7. The van der Waals surface area contributed by atoms with Gasteiger partial charge in [0.2, 0.25) is 0 Å². The molecule has 1 heterocycles. The molecule has 0 aromatic carbocycles. The maximum absolute atomic E-state index is 12.6. The van der Waals surface area contributed by atoms with Crippen LogP contribution in [-0.2, 0) is 0 Å². The van der Waals surface area contributed by atoms with Gasteiger partial charge in [-0.05, 0) is 18.6 Å². The van der Waals surface area contributed by atoms with Crippen LogP contribution in [0, 0.1) is 5.82 Å². The molecule has 1 aromatic rings. The summed E-state index contributed by atoms with van der Waals surface area (Å²) in [4.78, 5) is 3.62. The Morgan fingerprint density at radius 1 is 1.58 bits per heavy atom. The summed E-state index contributed by atoms with van der Waals surface area (Å²) in [5.41, 5.74) is 6.05. The Morgan fingerprint density at radius 3 is 2.75 bits per heavy atom. The van der Waals surface area contributed by atoms with Crippen molar-refractivity contribution in [1.29, 1.82) is 0 Å². The number of halogens is 1. The molecule has 0 spiro atoms. The topological polar surface area (TPSA) is 59.1 Å². The zero-order valence-corrected chi connectivity index (χ0v) is 6.74. The second-order valence-electron chi connectivity index (χ2n) is 2.70. The van der Waals surface area contributed by atoms with Gasteiger partial charge in [0.25, 0.3) is 0 Å². The fraction of sp³-hybridized carbons (Fsp3) is 0.375. The number of aromatic nitrogens is 1. The Kier molecular flexibility index (Phi) is 2.73. The van der Waals surface area contributed by atoms with Gasteiger partial charge in [-0.3, -0.25) is 4.98 Å². The average molecular weight is 170 g/mol. The van der Waals surface area contributed by atoms with Gasteiger partial charge in [0.1, 0.15) is 5.82 Å². The maximum Gasteiger partial charge on any atom is 0.141 e. The first-order chi connectivity index (χ1) is 5.61. The van der Waals surface area contributed by atoms with E-state index in [0.717, 1.165) is 6.20 Å². The highest BCUT2D eigenvalue weighted by Crippen LogP contribution is 2.13. The van der Waals surface area contributed by atoms with Crippen molar-refractivity contribution in [2.45, 2.75) is 19.1 Å². The Labute approximate surface area is 70.0 Å². The lowest BCUT2D eigenvalue weighted by Gasteiger charge is -2.13. The van der Waals surface area contributed by atoms with E-state index >= 15 is 0 Å². The standard InChI is InChI=1S/C8H11FN2O/c1-5(12)8(10)6-2-7(9)4-11-3-6/h2-5,8,12H,10H2,1H3/t5-,8-/m0/s1. The van der Waals surface area contributed by atoms with Crippen LogP contribution in [-0.4, -0.2) is 16.2 Å². The summed E-state index contributed by atoms with van der Waals surface area (Å²) < 4.78 is 12.6. The van der Waals surface area contributed by atoms with Crippen LogP contribution in [0.1, 0.15) is 18.5 Å². The minimum atomic E-state index is -0.700. The molecule has 0 radical (unpaired) electrons. The molecule has 4 heteroatoms. The van der Waals surface area contributed by atoms with Gasteiger partial charge >= 0.3 is 0 Å². The summed E-state index contributed by atoms with van der Waals surface area (Å²) in [7, 11) is 0. The summed E-state index contributed by atoms with van der Waals surface area (Å²) in [6.07, 6.45) is 1.84. The molecule has 0 saturated carbocycles. The Balaban J connectivity index is 2.88. The molecule has 0 saturated heterocycles. The van der Waals surface area contributed by atoms with E-state index < -0.39 is 18.0 Å². The van der Waals surface area contributed by atoms with Gasteiger partial charge in [-0.25, -0.2) is 4.39 Å². The predicted molar refractivity (Wildman–Crippen MR) is 42.8 cm³/mol. The van der Waals surface area contributed by atoms with Gasteiger partial charge in [-0.15, -0.1) is 0 Å². The van der Waals surface area contributed by atoms with E-state index in [2.05, 4.69) is 4.98 Å². The van der Waals surface area contributed by atoms with Crippen molar-refractivity contribution in [2.75, 3.05) is 0 Å². The fourth-order valence-electron chi connectivity index (χ4n) is 0.889. The quantitative estimate of drug-likeness (QED) is 0.683. The number of pyridine rings is 1. The molecule has 3 N–H and O–H groups in total. The van der Waals surface area contributed by atoms with Crippen molar-refractivity contribution in [1.82, 2.24) is 4.98 Å². The third-order valence-corrected chi connectivity index (χ3v) is 1.63. The zero-order valence-electron chi connectivity index (χ0n) is 6.74. The average Bonchev–Trinajstić information content (AvgIpc) is 2.03. The van der Waals surface area contributed by atoms with Crippen molar-refractivity contribution in [3.63, 3.8) is 0 Å². The summed E-state index contributed by atoms with van der Waals surface area (Å²) in [6, 6.07) is 0.692. The molecule has 0 fully saturated rings. The zero-order chi connectivity index (χ0) is 9.14. The van der Waals surface area contributed by atoms with Gasteiger partial charge in [-0.2, -0.15) is 0 Å². The first-order valence-corrected chi connectivity index (χ1v) is 3.65. The monoisotopic (exact) mass is 170 g/mol. The number of hydrogen-bond donors (Lipinski definition) is 2. The molecule has 0 bridgehead atoms. The molecule has 12 heavy (non-hydrogen) atoms. The van der Waals surface area contributed by atoms with Gasteiger partial charge in [0.15, 0.2) is 0 Å². The second kappa shape index (κ2) is 3.60. The van der Waals surface area contributed by atoms with Crippen molar-refractivity contribution in [3.05, 3.63) is 29.8 Å². The number of aliphatic hydroxyl groups is 1. The number of rotatable bonds is 2. The Bertz CT molecular complexity index is 265. The molecular weight excluding hydrogens is 159 g/mol. The molecule has 2 atom stereocenters. The Morgan fingerprint density at radius 2 is 2.25 bits per heavy atom. The van der Waals surface area contributed by atoms with E-state index in [-0.39, 0.29) is 0 Å². The molecule has 1 aromatic heterocycles. The number of aliphatic hydroxyl groups excluding tert-OH is 1. The molecule has 3 nitrogen and oxygen atoms in total. The lowest BCUT2D eigenvalue weighted by atomic mass is 10.1. The van der Waals surface area contributed by atoms with E-state index in [1.807, 2.05) is 0 Å². The molecular formula is C8H11FN2O. The van der Waals surface area contributed by atoms with Crippen molar-refractivity contribution < 1.29 is 9.50 Å². The Hall–Kier alpha value is -1.00. The minimum absolute atomic E-state index is 0.441. The van der Waals surface area contributed by atoms with Crippen molar-refractivity contribution in [2.24, 2.45) is 5.73 Å². The summed E-state index contributed by atoms with van der Waals surface area (Å²) in [5.74, 6) is -0.441. The molecule has 1 rings (SSSR count). The van der Waals surface area contributed by atoms with Crippen LogP contribution in [0.15, 0.2) is 18.5 Å². The molecule has 0 aliphatic heterocycles. The molecule has 0 aliphatic carbocycles. The van der Waals surface area contributed by atoms with E-state index in [4.69, 9.17) is 10.8 Å². The summed E-state index contributed by atoms with van der Waals surface area (Å²) in [6.45, 7) is 1.55. The van der Waals surface area contributed by atoms with Gasteiger partial charge in [-0.1, -0.05) is 0 Å². The van der Waals surface area contributed by atoms with E-state index in [1.165, 1.54) is 12.3 Å². The summed E-state index contributed by atoms with van der Waals surface area (Å²) in [5, 5.41) is 9.09. The maximum atomic E-state index is 12.6. The number of hydrogen-bond acceptors (Lipinski definition) is 3. The van der Waals surface area contributed by atoms with E-state index in [1.54, 1.807) is 6.92 Å². The van der Waals surface area contributed by atoms with Crippen LogP contribution in [0.2, 0.25) is 0 Å². The first kappa shape index (κ1) is 9.09. The summed E-state index contributed by atoms with van der Waals surface area (Å²) >= 11 is 0. The SMILES string of the molecule is C[C@H](O)[C@H](N)c1cncc(F)c1. The minimum Gasteiger partial charge on any atom is -0.391 e. The lowest BCUT2D eigenvalue weighted by Crippen LogP contribution is -2.23. The molecule has 0 amide bonds. The highest BCUT2D eigenvalue weighted by Gasteiger charge is 2.12.